The fraction of sp³-hybridized carbons (Fsp3) is 0.182. The van der Waals surface area contributed by atoms with Gasteiger partial charge in [0, 0.05) is 6.26 Å². The Balaban J connectivity index is 1.63. The Morgan fingerprint density at radius 1 is 1.00 bits per heavy atom. The predicted octanol–water partition coefficient (Wildman–Crippen LogP) is 3.55. The van der Waals surface area contributed by atoms with Crippen LogP contribution in [0.25, 0.3) is 10.8 Å². The van der Waals surface area contributed by atoms with Crippen molar-refractivity contribution >= 4 is 32.2 Å². The highest BCUT2D eigenvalue weighted by molar-refractivity contribution is 7.90. The molecule has 0 aliphatic rings. The molecular weight excluding hydrogens is 388 g/mol. The van der Waals surface area contributed by atoms with Crippen molar-refractivity contribution in [1.29, 1.82) is 0 Å². The summed E-state index contributed by atoms with van der Waals surface area (Å²) < 4.78 is 28.8. The molecule has 0 spiro atoms. The maximum absolute atomic E-state index is 12.3. The number of hydrazone groups is 1. The van der Waals surface area contributed by atoms with E-state index in [1.165, 1.54) is 12.1 Å². The molecule has 1 amide bonds. The van der Waals surface area contributed by atoms with Crippen LogP contribution in [-0.4, -0.2) is 32.4 Å². The number of carbonyl (C=O) groups excluding carboxylic acids is 1. The van der Waals surface area contributed by atoms with Crippen molar-refractivity contribution in [3.8, 4) is 5.75 Å². The van der Waals surface area contributed by atoms with Crippen molar-refractivity contribution in [2.24, 2.45) is 5.10 Å². The molecule has 1 atom stereocenters. The average molecular weight is 410 g/mol. The number of nitrogens with one attached hydrogen (secondary N) is 1. The minimum absolute atomic E-state index is 0.232. The van der Waals surface area contributed by atoms with Crippen LogP contribution in [0, 0.1) is 0 Å². The van der Waals surface area contributed by atoms with Crippen molar-refractivity contribution in [2.75, 3.05) is 6.26 Å². The van der Waals surface area contributed by atoms with Gasteiger partial charge in [0.05, 0.1) is 10.6 Å². The lowest BCUT2D eigenvalue weighted by Gasteiger charge is -2.14. The third kappa shape index (κ3) is 5.20. The first-order chi connectivity index (χ1) is 13.7. The van der Waals surface area contributed by atoms with Gasteiger partial charge < -0.3 is 4.74 Å². The van der Waals surface area contributed by atoms with Gasteiger partial charge in [0.15, 0.2) is 15.9 Å². The van der Waals surface area contributed by atoms with Gasteiger partial charge in [-0.1, -0.05) is 42.5 Å². The van der Waals surface area contributed by atoms with Crippen molar-refractivity contribution in [2.45, 2.75) is 24.8 Å². The van der Waals surface area contributed by atoms with Crippen LogP contribution >= 0.6 is 0 Å². The summed E-state index contributed by atoms with van der Waals surface area (Å²) in [6, 6.07) is 19.9. The van der Waals surface area contributed by atoms with E-state index < -0.39 is 15.9 Å². The van der Waals surface area contributed by atoms with Crippen LogP contribution in [0.5, 0.6) is 5.75 Å². The largest absolute Gasteiger partial charge is 0.481 e. The molecular formula is C22H22N2O4S. The zero-order valence-electron chi connectivity index (χ0n) is 16.4. The number of nitrogens with zero attached hydrogens (tertiary/aromatic N) is 1. The molecule has 0 saturated carbocycles. The van der Waals surface area contributed by atoms with Gasteiger partial charge in [0.1, 0.15) is 5.75 Å². The number of fused-ring (bicyclic) bond motifs is 1. The molecule has 0 unspecified atom stereocenters. The van der Waals surface area contributed by atoms with E-state index in [1.54, 1.807) is 26.0 Å². The smallest absolute Gasteiger partial charge is 0.280 e. The molecule has 0 radical (unpaired) electrons. The zero-order chi connectivity index (χ0) is 21.0. The van der Waals surface area contributed by atoms with E-state index in [9.17, 15) is 13.2 Å². The van der Waals surface area contributed by atoms with Gasteiger partial charge in [-0.2, -0.15) is 5.10 Å². The number of hydrogen-bond acceptors (Lipinski definition) is 5. The minimum Gasteiger partial charge on any atom is -0.481 e. The Morgan fingerprint density at radius 3 is 2.31 bits per heavy atom. The normalized spacial score (nSPS) is 13.1. The molecule has 1 N–H and O–H groups in total. The summed E-state index contributed by atoms with van der Waals surface area (Å²) in [4.78, 5) is 12.5. The number of sulfone groups is 1. The van der Waals surface area contributed by atoms with Gasteiger partial charge in [-0.15, -0.1) is 0 Å². The molecule has 0 aromatic heterocycles. The van der Waals surface area contributed by atoms with Crippen LogP contribution in [-0.2, 0) is 14.6 Å². The Morgan fingerprint density at radius 2 is 1.66 bits per heavy atom. The number of hydrogen-bond donors (Lipinski definition) is 1. The van der Waals surface area contributed by atoms with Gasteiger partial charge in [-0.05, 0) is 54.4 Å². The Bertz CT molecular complexity index is 1170. The molecule has 0 saturated heterocycles. The van der Waals surface area contributed by atoms with Crippen LogP contribution in [0.3, 0.4) is 0 Å². The third-order valence-electron chi connectivity index (χ3n) is 4.44. The number of benzene rings is 3. The summed E-state index contributed by atoms with van der Waals surface area (Å²) in [6.45, 7) is 3.38. The maximum Gasteiger partial charge on any atom is 0.280 e. The lowest BCUT2D eigenvalue weighted by atomic mass is 10.1. The number of rotatable bonds is 6. The third-order valence-corrected chi connectivity index (χ3v) is 5.57. The molecule has 3 aromatic carbocycles. The van der Waals surface area contributed by atoms with E-state index in [0.717, 1.165) is 17.0 Å². The average Bonchev–Trinajstić information content (AvgIpc) is 2.71. The van der Waals surface area contributed by atoms with Crippen molar-refractivity contribution in [3.05, 3.63) is 72.3 Å². The standard InChI is InChI=1S/C22H22N2O4S/c1-15(17-9-12-21(13-10-17)29(3,26)27)23-24-22(25)16(2)28-20-11-8-18-6-4-5-7-19(18)14-20/h4-14,16H,1-3H3,(H,24,25)/b23-15-/t16-/m1/s1. The van der Waals surface area contributed by atoms with E-state index in [1.807, 2.05) is 42.5 Å². The molecule has 3 aromatic rings. The first kappa shape index (κ1) is 20.5. The lowest BCUT2D eigenvalue weighted by Crippen LogP contribution is -2.33. The molecule has 150 valence electrons. The summed E-state index contributed by atoms with van der Waals surface area (Å²) >= 11 is 0. The van der Waals surface area contributed by atoms with E-state index in [4.69, 9.17) is 4.74 Å². The van der Waals surface area contributed by atoms with Crippen LogP contribution in [0.4, 0.5) is 0 Å². The second-order valence-corrected chi connectivity index (χ2v) is 8.75. The summed E-state index contributed by atoms with van der Waals surface area (Å²) in [7, 11) is -3.25. The highest BCUT2D eigenvalue weighted by atomic mass is 32.2. The molecule has 7 heteroatoms. The van der Waals surface area contributed by atoms with Gasteiger partial charge in [-0.25, -0.2) is 13.8 Å². The maximum atomic E-state index is 12.3. The molecule has 6 nitrogen and oxygen atoms in total. The highest BCUT2D eigenvalue weighted by Crippen LogP contribution is 2.21. The lowest BCUT2D eigenvalue weighted by molar-refractivity contribution is -0.127. The quantitative estimate of drug-likeness (QED) is 0.497. The number of carbonyl (C=O) groups is 1. The molecule has 0 heterocycles. The van der Waals surface area contributed by atoms with Gasteiger partial charge >= 0.3 is 0 Å². The molecule has 0 aliphatic carbocycles. The Kier molecular flexibility index (Phi) is 5.98. The second kappa shape index (κ2) is 8.45. The Hall–Kier alpha value is -3.19. The minimum atomic E-state index is -3.25. The predicted molar refractivity (Wildman–Crippen MR) is 114 cm³/mol. The second-order valence-electron chi connectivity index (χ2n) is 6.74. The summed E-state index contributed by atoms with van der Waals surface area (Å²) in [5.41, 5.74) is 3.75. The summed E-state index contributed by atoms with van der Waals surface area (Å²) in [6.07, 6.45) is 0.417. The van der Waals surface area contributed by atoms with E-state index >= 15 is 0 Å². The fourth-order valence-electron chi connectivity index (χ4n) is 2.74. The van der Waals surface area contributed by atoms with E-state index in [0.29, 0.717) is 17.0 Å². The molecule has 29 heavy (non-hydrogen) atoms. The van der Waals surface area contributed by atoms with Gasteiger partial charge in [0.25, 0.3) is 5.91 Å². The van der Waals surface area contributed by atoms with Crippen molar-refractivity contribution < 1.29 is 17.9 Å². The highest BCUT2D eigenvalue weighted by Gasteiger charge is 2.15. The summed E-state index contributed by atoms with van der Waals surface area (Å²) in [5.74, 6) is 0.216. The molecule has 0 fully saturated rings. The zero-order valence-corrected chi connectivity index (χ0v) is 17.2. The van der Waals surface area contributed by atoms with Crippen LogP contribution in [0.2, 0.25) is 0 Å². The van der Waals surface area contributed by atoms with E-state index in [-0.39, 0.29) is 10.8 Å². The molecule has 0 aliphatic heterocycles. The topological polar surface area (TPSA) is 84.8 Å². The van der Waals surface area contributed by atoms with Crippen molar-refractivity contribution in [3.63, 3.8) is 0 Å². The summed E-state index contributed by atoms with van der Waals surface area (Å²) in [5, 5.41) is 6.21. The first-order valence-corrected chi connectivity index (χ1v) is 10.9. The van der Waals surface area contributed by atoms with Crippen LogP contribution < -0.4 is 10.2 Å². The number of amides is 1. The van der Waals surface area contributed by atoms with Crippen LogP contribution in [0.15, 0.2) is 76.7 Å². The number of ether oxygens (including phenoxy) is 1. The Labute approximate surface area is 170 Å². The van der Waals surface area contributed by atoms with Crippen LogP contribution in [0.1, 0.15) is 19.4 Å². The van der Waals surface area contributed by atoms with Gasteiger partial charge in [-0.3, -0.25) is 4.79 Å². The first-order valence-electron chi connectivity index (χ1n) is 9.04. The SMILES string of the molecule is C/C(=N/NC(=O)[C@@H](C)Oc1ccc2ccccc2c1)c1ccc(S(C)(=O)=O)cc1. The van der Waals surface area contributed by atoms with Crippen molar-refractivity contribution in [1.82, 2.24) is 5.43 Å². The molecule has 0 bridgehead atoms. The monoisotopic (exact) mass is 410 g/mol. The molecule has 3 rings (SSSR count). The fourth-order valence-corrected chi connectivity index (χ4v) is 3.37. The van der Waals surface area contributed by atoms with E-state index in [2.05, 4.69) is 10.5 Å². The van der Waals surface area contributed by atoms with Gasteiger partial charge in [0.2, 0.25) is 0 Å².